The summed E-state index contributed by atoms with van der Waals surface area (Å²) < 4.78 is 7.55. The third-order valence-corrected chi connectivity index (χ3v) is 6.58. The van der Waals surface area contributed by atoms with Gasteiger partial charge in [0.15, 0.2) is 5.65 Å². The number of thioether (sulfide) groups is 1. The second kappa shape index (κ2) is 9.99. The third-order valence-electron chi connectivity index (χ3n) is 5.37. The second-order valence-corrected chi connectivity index (χ2v) is 8.66. The largest absolute Gasteiger partial charge is 0.495 e. The number of amides is 1. The molecule has 0 unspecified atom stereocenters. The number of para-hydroxylation sites is 3. The number of anilines is 1. The number of unbranched alkanes of at least 4 members (excludes halogenated alkanes) is 1. The van der Waals surface area contributed by atoms with Crippen LogP contribution in [0.2, 0.25) is 0 Å². The van der Waals surface area contributed by atoms with E-state index in [4.69, 9.17) is 9.72 Å². The van der Waals surface area contributed by atoms with Gasteiger partial charge in [-0.2, -0.15) is 0 Å². The van der Waals surface area contributed by atoms with Gasteiger partial charge in [0, 0.05) is 11.9 Å². The van der Waals surface area contributed by atoms with E-state index in [1.54, 1.807) is 7.11 Å². The fourth-order valence-electron chi connectivity index (χ4n) is 3.69. The summed E-state index contributed by atoms with van der Waals surface area (Å²) in [5.41, 5.74) is 3.37. The Kier molecular flexibility index (Phi) is 6.90. The molecule has 0 aliphatic heterocycles. The maximum atomic E-state index is 13.0. The van der Waals surface area contributed by atoms with Crippen LogP contribution in [0.3, 0.4) is 0 Å². The number of ether oxygens (including phenoxy) is 1. The fourth-order valence-corrected chi connectivity index (χ4v) is 4.51. The number of carbonyl (C=O) groups is 1. The minimum Gasteiger partial charge on any atom is -0.495 e. The van der Waals surface area contributed by atoms with Gasteiger partial charge in [-0.05, 0) is 31.0 Å². The third kappa shape index (κ3) is 4.41. The first-order valence-electron chi connectivity index (χ1n) is 10.9. The average Bonchev–Trinajstić information content (AvgIpc) is 3.14. The predicted octanol–water partition coefficient (Wildman–Crippen LogP) is 5.30. The second-order valence-electron chi connectivity index (χ2n) is 7.49. The molecule has 1 amide bonds. The molecule has 1 atom stereocenters. The molecule has 32 heavy (non-hydrogen) atoms. The van der Waals surface area contributed by atoms with E-state index in [0.717, 1.165) is 41.5 Å². The number of hydrogen-bond donors (Lipinski definition) is 1. The van der Waals surface area contributed by atoms with Crippen molar-refractivity contribution in [3.05, 3.63) is 48.5 Å². The summed E-state index contributed by atoms with van der Waals surface area (Å²) in [5.74, 6) is 0.512. The molecular formula is C24H27N5O2S. The predicted molar refractivity (Wildman–Crippen MR) is 129 cm³/mol. The standard InChI is InChI=1S/C24H27N5O2S/c1-4-6-15-29-18-13-9-7-11-16(18)21-22(29)26-24(28-27-21)32-20(5-2)23(30)25-17-12-8-10-14-19(17)31-3/h7-14,20H,4-6,15H2,1-3H3,(H,25,30)/t20-/m1/s1. The Balaban J connectivity index is 1.62. The molecule has 7 nitrogen and oxygen atoms in total. The molecule has 4 aromatic rings. The number of aryl methyl sites for hydroxylation is 1. The van der Waals surface area contributed by atoms with Crippen molar-refractivity contribution >= 4 is 45.4 Å². The van der Waals surface area contributed by atoms with E-state index in [1.807, 2.05) is 43.3 Å². The van der Waals surface area contributed by atoms with E-state index in [1.165, 1.54) is 11.8 Å². The molecule has 0 saturated carbocycles. The van der Waals surface area contributed by atoms with Gasteiger partial charge in [0.05, 0.1) is 23.6 Å². The minimum absolute atomic E-state index is 0.114. The van der Waals surface area contributed by atoms with Gasteiger partial charge in [0.2, 0.25) is 11.1 Å². The maximum Gasteiger partial charge on any atom is 0.238 e. The van der Waals surface area contributed by atoms with Crippen LogP contribution in [0.5, 0.6) is 5.75 Å². The van der Waals surface area contributed by atoms with Crippen molar-refractivity contribution in [3.63, 3.8) is 0 Å². The van der Waals surface area contributed by atoms with E-state index in [0.29, 0.717) is 23.0 Å². The van der Waals surface area contributed by atoms with Crippen LogP contribution in [-0.4, -0.2) is 38.0 Å². The normalized spacial score (nSPS) is 12.2. The molecule has 166 valence electrons. The molecule has 0 bridgehead atoms. The lowest BCUT2D eigenvalue weighted by atomic mass is 10.2. The molecule has 4 rings (SSSR count). The number of methoxy groups -OCH3 is 1. The summed E-state index contributed by atoms with van der Waals surface area (Å²) in [4.78, 5) is 17.8. The zero-order chi connectivity index (χ0) is 22.5. The summed E-state index contributed by atoms with van der Waals surface area (Å²) in [6.45, 7) is 5.02. The van der Waals surface area contributed by atoms with E-state index in [-0.39, 0.29) is 11.2 Å². The van der Waals surface area contributed by atoms with Crippen molar-refractivity contribution in [2.75, 3.05) is 12.4 Å². The Morgan fingerprint density at radius 1 is 1.12 bits per heavy atom. The highest BCUT2D eigenvalue weighted by molar-refractivity contribution is 8.00. The van der Waals surface area contributed by atoms with Crippen molar-refractivity contribution < 1.29 is 9.53 Å². The summed E-state index contributed by atoms with van der Waals surface area (Å²) in [7, 11) is 1.59. The zero-order valence-electron chi connectivity index (χ0n) is 18.5. The molecule has 8 heteroatoms. The minimum atomic E-state index is -0.354. The first-order valence-corrected chi connectivity index (χ1v) is 11.8. The molecular weight excluding hydrogens is 422 g/mol. The number of rotatable bonds is 9. The van der Waals surface area contributed by atoms with Crippen LogP contribution in [-0.2, 0) is 11.3 Å². The van der Waals surface area contributed by atoms with Crippen LogP contribution in [0.15, 0.2) is 53.7 Å². The molecule has 1 N–H and O–H groups in total. The van der Waals surface area contributed by atoms with Crippen LogP contribution in [0.1, 0.15) is 33.1 Å². The Labute approximate surface area is 191 Å². The molecule has 2 heterocycles. The van der Waals surface area contributed by atoms with E-state index < -0.39 is 0 Å². The van der Waals surface area contributed by atoms with Crippen LogP contribution in [0.4, 0.5) is 5.69 Å². The number of fused-ring (bicyclic) bond motifs is 3. The Bertz CT molecular complexity index is 1240. The molecule has 0 aliphatic rings. The molecule has 2 aromatic carbocycles. The van der Waals surface area contributed by atoms with Gasteiger partial charge in [0.25, 0.3) is 0 Å². The SMILES string of the molecule is CCCCn1c2ccccc2c2nnc(S[C@H](CC)C(=O)Nc3ccccc3OC)nc21. The van der Waals surface area contributed by atoms with Gasteiger partial charge in [-0.15, -0.1) is 10.2 Å². The van der Waals surface area contributed by atoms with Crippen molar-refractivity contribution in [1.82, 2.24) is 19.7 Å². The van der Waals surface area contributed by atoms with E-state index >= 15 is 0 Å². The summed E-state index contributed by atoms with van der Waals surface area (Å²) in [6.07, 6.45) is 2.78. The lowest BCUT2D eigenvalue weighted by molar-refractivity contribution is -0.115. The number of hydrogen-bond acceptors (Lipinski definition) is 6. The maximum absolute atomic E-state index is 13.0. The lowest BCUT2D eigenvalue weighted by Gasteiger charge is -2.15. The van der Waals surface area contributed by atoms with Crippen LogP contribution in [0.25, 0.3) is 22.1 Å². The molecule has 0 saturated heterocycles. The molecule has 0 radical (unpaired) electrons. The Morgan fingerprint density at radius 2 is 1.91 bits per heavy atom. The molecule has 0 spiro atoms. The van der Waals surface area contributed by atoms with Crippen LogP contribution < -0.4 is 10.1 Å². The summed E-state index contributed by atoms with van der Waals surface area (Å²) >= 11 is 1.34. The topological polar surface area (TPSA) is 81.9 Å². The Hall–Kier alpha value is -3.13. The summed E-state index contributed by atoms with van der Waals surface area (Å²) in [5, 5.41) is 13.0. The monoisotopic (exact) mass is 449 g/mol. The van der Waals surface area contributed by atoms with Crippen molar-refractivity contribution in [1.29, 1.82) is 0 Å². The zero-order valence-corrected chi connectivity index (χ0v) is 19.4. The van der Waals surface area contributed by atoms with Crippen molar-refractivity contribution in [2.24, 2.45) is 0 Å². The number of benzene rings is 2. The van der Waals surface area contributed by atoms with Crippen molar-refractivity contribution in [2.45, 2.75) is 50.1 Å². The van der Waals surface area contributed by atoms with Gasteiger partial charge in [-0.1, -0.05) is 62.4 Å². The van der Waals surface area contributed by atoms with Gasteiger partial charge < -0.3 is 14.6 Å². The van der Waals surface area contributed by atoms with E-state index in [2.05, 4.69) is 39.1 Å². The summed E-state index contributed by atoms with van der Waals surface area (Å²) in [6, 6.07) is 15.6. The highest BCUT2D eigenvalue weighted by Crippen LogP contribution is 2.30. The molecule has 0 aliphatic carbocycles. The first-order chi connectivity index (χ1) is 15.7. The fraction of sp³-hybridized carbons (Fsp3) is 0.333. The van der Waals surface area contributed by atoms with Crippen molar-refractivity contribution in [3.8, 4) is 5.75 Å². The van der Waals surface area contributed by atoms with E-state index in [9.17, 15) is 4.79 Å². The number of nitrogens with zero attached hydrogens (tertiary/aromatic N) is 4. The quantitative estimate of drug-likeness (QED) is 0.349. The van der Waals surface area contributed by atoms with Gasteiger partial charge >= 0.3 is 0 Å². The first kappa shape index (κ1) is 22.1. The highest BCUT2D eigenvalue weighted by atomic mass is 32.2. The van der Waals surface area contributed by atoms with Crippen LogP contribution >= 0.6 is 11.8 Å². The Morgan fingerprint density at radius 3 is 2.69 bits per heavy atom. The average molecular weight is 450 g/mol. The number of nitrogens with one attached hydrogen (secondary N) is 1. The van der Waals surface area contributed by atoms with Gasteiger partial charge in [-0.25, -0.2) is 4.98 Å². The van der Waals surface area contributed by atoms with Gasteiger partial charge in [-0.3, -0.25) is 4.79 Å². The van der Waals surface area contributed by atoms with Crippen LogP contribution in [0, 0.1) is 0 Å². The highest BCUT2D eigenvalue weighted by Gasteiger charge is 2.22. The number of aromatic nitrogens is 4. The smallest absolute Gasteiger partial charge is 0.238 e. The molecule has 0 fully saturated rings. The number of carbonyl (C=O) groups excluding carboxylic acids is 1. The van der Waals surface area contributed by atoms with Gasteiger partial charge in [0.1, 0.15) is 11.3 Å². The molecule has 2 aromatic heterocycles. The lowest BCUT2D eigenvalue weighted by Crippen LogP contribution is -2.25.